The summed E-state index contributed by atoms with van der Waals surface area (Å²) in [4.78, 5) is 12.0. The smallest absolute Gasteiger partial charge is 0.290 e. The third kappa shape index (κ3) is 4.08. The van der Waals surface area contributed by atoms with Crippen molar-refractivity contribution in [1.29, 1.82) is 0 Å². The van der Waals surface area contributed by atoms with Crippen LogP contribution in [0.3, 0.4) is 0 Å². The standard InChI is InChI=1S/C16H19ClN2O3/c1-3-10(2)13-8-15(22-19-13)16(21)18-9-14(20)11-4-6-12(17)7-5-11/h4-8,10,14,20H,3,9H2,1-2H3,(H,18,21). The topological polar surface area (TPSA) is 75.4 Å². The number of nitrogens with zero attached hydrogens (tertiary/aromatic N) is 1. The Morgan fingerprint density at radius 3 is 2.73 bits per heavy atom. The third-order valence-corrected chi connectivity index (χ3v) is 3.83. The molecule has 6 heteroatoms. The Hall–Kier alpha value is -1.85. The molecule has 118 valence electrons. The van der Waals surface area contributed by atoms with E-state index in [-0.39, 0.29) is 18.2 Å². The molecule has 0 aliphatic carbocycles. The van der Waals surface area contributed by atoms with E-state index in [0.29, 0.717) is 10.6 Å². The van der Waals surface area contributed by atoms with Crippen molar-refractivity contribution in [3.8, 4) is 0 Å². The van der Waals surface area contributed by atoms with Gasteiger partial charge in [-0.2, -0.15) is 0 Å². The van der Waals surface area contributed by atoms with E-state index < -0.39 is 12.0 Å². The van der Waals surface area contributed by atoms with Gasteiger partial charge in [-0.1, -0.05) is 42.7 Å². The second kappa shape index (κ2) is 7.42. The van der Waals surface area contributed by atoms with Crippen LogP contribution in [0, 0.1) is 0 Å². The van der Waals surface area contributed by atoms with Crippen LogP contribution in [-0.4, -0.2) is 22.7 Å². The van der Waals surface area contributed by atoms with Crippen molar-refractivity contribution in [1.82, 2.24) is 10.5 Å². The summed E-state index contributed by atoms with van der Waals surface area (Å²) in [7, 11) is 0. The average Bonchev–Trinajstić information content (AvgIpc) is 3.02. The summed E-state index contributed by atoms with van der Waals surface area (Å²) in [6, 6.07) is 8.45. The third-order valence-electron chi connectivity index (χ3n) is 3.58. The highest BCUT2D eigenvalue weighted by Crippen LogP contribution is 2.19. The van der Waals surface area contributed by atoms with Gasteiger partial charge in [0.05, 0.1) is 11.8 Å². The van der Waals surface area contributed by atoms with Crippen LogP contribution in [0.25, 0.3) is 0 Å². The number of hydrogen-bond acceptors (Lipinski definition) is 4. The number of rotatable bonds is 6. The van der Waals surface area contributed by atoms with E-state index in [9.17, 15) is 9.90 Å². The van der Waals surface area contributed by atoms with Crippen LogP contribution in [0.15, 0.2) is 34.9 Å². The van der Waals surface area contributed by atoms with Crippen LogP contribution in [0.1, 0.15) is 54.1 Å². The van der Waals surface area contributed by atoms with Gasteiger partial charge < -0.3 is 14.9 Å². The summed E-state index contributed by atoms with van der Waals surface area (Å²) in [5.74, 6) is -0.00127. The molecule has 1 amide bonds. The highest BCUT2D eigenvalue weighted by molar-refractivity contribution is 6.30. The van der Waals surface area contributed by atoms with Crippen molar-refractivity contribution in [2.75, 3.05) is 6.54 Å². The van der Waals surface area contributed by atoms with Crippen molar-refractivity contribution in [3.63, 3.8) is 0 Å². The fourth-order valence-corrected chi connectivity index (χ4v) is 2.04. The number of aliphatic hydroxyl groups is 1. The summed E-state index contributed by atoms with van der Waals surface area (Å²) < 4.78 is 5.04. The Balaban J connectivity index is 1.92. The van der Waals surface area contributed by atoms with E-state index in [4.69, 9.17) is 16.1 Å². The van der Waals surface area contributed by atoms with Crippen LogP contribution in [-0.2, 0) is 0 Å². The minimum Gasteiger partial charge on any atom is -0.387 e. The molecule has 2 N–H and O–H groups in total. The van der Waals surface area contributed by atoms with E-state index in [1.54, 1.807) is 30.3 Å². The van der Waals surface area contributed by atoms with Crippen molar-refractivity contribution in [2.24, 2.45) is 0 Å². The first-order valence-corrected chi connectivity index (χ1v) is 7.57. The minimum atomic E-state index is -0.807. The molecular formula is C16H19ClN2O3. The predicted molar refractivity (Wildman–Crippen MR) is 84.0 cm³/mol. The highest BCUT2D eigenvalue weighted by Gasteiger charge is 2.17. The summed E-state index contributed by atoms with van der Waals surface area (Å²) >= 11 is 5.79. The molecule has 0 aliphatic rings. The van der Waals surface area contributed by atoms with Gasteiger partial charge in [-0.15, -0.1) is 0 Å². The van der Waals surface area contributed by atoms with E-state index in [1.807, 2.05) is 13.8 Å². The molecule has 1 aromatic heterocycles. The summed E-state index contributed by atoms with van der Waals surface area (Å²) in [5, 5.41) is 17.1. The second-order valence-corrected chi connectivity index (χ2v) is 5.64. The van der Waals surface area contributed by atoms with Gasteiger partial charge in [0, 0.05) is 23.6 Å². The molecule has 0 aliphatic heterocycles. The van der Waals surface area contributed by atoms with Crippen LogP contribution in [0.2, 0.25) is 5.02 Å². The quantitative estimate of drug-likeness (QED) is 0.855. The number of benzene rings is 1. The molecule has 1 heterocycles. The molecule has 5 nitrogen and oxygen atoms in total. The van der Waals surface area contributed by atoms with Gasteiger partial charge in [0.15, 0.2) is 0 Å². The van der Waals surface area contributed by atoms with Crippen LogP contribution in [0.5, 0.6) is 0 Å². The van der Waals surface area contributed by atoms with Gasteiger partial charge in [-0.05, 0) is 24.1 Å². The number of carbonyl (C=O) groups excluding carboxylic acids is 1. The number of aromatic nitrogens is 1. The molecule has 0 saturated carbocycles. The summed E-state index contributed by atoms with van der Waals surface area (Å²) in [5.41, 5.74) is 1.44. The number of amides is 1. The van der Waals surface area contributed by atoms with Gasteiger partial charge >= 0.3 is 0 Å². The Bertz CT molecular complexity index is 625. The minimum absolute atomic E-state index is 0.0832. The molecule has 22 heavy (non-hydrogen) atoms. The Morgan fingerprint density at radius 1 is 1.41 bits per heavy atom. The maximum absolute atomic E-state index is 12.0. The zero-order valence-corrected chi connectivity index (χ0v) is 13.3. The number of aliphatic hydroxyl groups excluding tert-OH is 1. The molecule has 1 aromatic carbocycles. The van der Waals surface area contributed by atoms with Crippen LogP contribution >= 0.6 is 11.6 Å². The monoisotopic (exact) mass is 322 g/mol. The Labute approximate surface area is 134 Å². The first kappa shape index (κ1) is 16.5. The largest absolute Gasteiger partial charge is 0.387 e. The Morgan fingerprint density at radius 2 is 2.09 bits per heavy atom. The fourth-order valence-electron chi connectivity index (χ4n) is 1.92. The number of carbonyl (C=O) groups is 1. The number of halogens is 1. The normalized spacial score (nSPS) is 13.6. The predicted octanol–water partition coefficient (Wildman–Crippen LogP) is 3.30. The lowest BCUT2D eigenvalue weighted by Gasteiger charge is -2.11. The zero-order valence-electron chi connectivity index (χ0n) is 12.5. The summed E-state index contributed by atoms with van der Waals surface area (Å²) in [6.07, 6.45) is 0.112. The summed E-state index contributed by atoms with van der Waals surface area (Å²) in [6.45, 7) is 4.14. The van der Waals surface area contributed by atoms with Gasteiger partial charge in [-0.3, -0.25) is 4.79 Å². The van der Waals surface area contributed by atoms with Gasteiger partial charge in [0.1, 0.15) is 0 Å². The Kier molecular flexibility index (Phi) is 5.57. The average molecular weight is 323 g/mol. The van der Waals surface area contributed by atoms with E-state index in [0.717, 1.165) is 12.1 Å². The molecule has 0 bridgehead atoms. The number of hydrogen-bond donors (Lipinski definition) is 2. The van der Waals surface area contributed by atoms with Gasteiger partial charge in [0.25, 0.3) is 5.91 Å². The highest BCUT2D eigenvalue weighted by atomic mass is 35.5. The van der Waals surface area contributed by atoms with Crippen molar-refractivity contribution in [3.05, 3.63) is 52.4 Å². The van der Waals surface area contributed by atoms with Gasteiger partial charge in [0.2, 0.25) is 5.76 Å². The molecular weight excluding hydrogens is 304 g/mol. The van der Waals surface area contributed by atoms with Gasteiger partial charge in [-0.25, -0.2) is 0 Å². The van der Waals surface area contributed by atoms with Crippen molar-refractivity contribution in [2.45, 2.75) is 32.3 Å². The first-order chi connectivity index (χ1) is 10.5. The first-order valence-electron chi connectivity index (χ1n) is 7.19. The number of nitrogens with one attached hydrogen (secondary N) is 1. The van der Waals surface area contributed by atoms with E-state index in [2.05, 4.69) is 10.5 Å². The second-order valence-electron chi connectivity index (χ2n) is 5.20. The molecule has 0 fully saturated rings. The van der Waals surface area contributed by atoms with E-state index >= 15 is 0 Å². The maximum Gasteiger partial charge on any atom is 0.290 e. The molecule has 2 atom stereocenters. The van der Waals surface area contributed by atoms with Crippen LogP contribution in [0.4, 0.5) is 0 Å². The molecule has 0 spiro atoms. The molecule has 2 rings (SSSR count). The van der Waals surface area contributed by atoms with Crippen molar-refractivity contribution >= 4 is 17.5 Å². The molecule has 2 aromatic rings. The molecule has 0 radical (unpaired) electrons. The SMILES string of the molecule is CCC(C)c1cc(C(=O)NCC(O)c2ccc(Cl)cc2)on1. The molecule has 0 saturated heterocycles. The zero-order chi connectivity index (χ0) is 16.1. The fraction of sp³-hybridized carbons (Fsp3) is 0.375. The van der Waals surface area contributed by atoms with Crippen LogP contribution < -0.4 is 5.32 Å². The lowest BCUT2D eigenvalue weighted by atomic mass is 10.1. The molecule has 2 unspecified atom stereocenters. The lowest BCUT2D eigenvalue weighted by Crippen LogP contribution is -2.28. The van der Waals surface area contributed by atoms with E-state index in [1.165, 1.54) is 0 Å². The maximum atomic E-state index is 12.0. The van der Waals surface area contributed by atoms with Crippen molar-refractivity contribution < 1.29 is 14.4 Å². The lowest BCUT2D eigenvalue weighted by molar-refractivity contribution is 0.0880.